The lowest BCUT2D eigenvalue weighted by atomic mass is 10.1. The first-order valence-corrected chi connectivity index (χ1v) is 5.79. The largest absolute Gasteiger partial charge is 0.469 e. The molecule has 1 aliphatic carbocycles. The monoisotopic (exact) mass is 210 g/mol. The van der Waals surface area contributed by atoms with Crippen LogP contribution in [0, 0.1) is 11.8 Å². The van der Waals surface area contributed by atoms with Crippen LogP contribution in [0.15, 0.2) is 17.5 Å². The molecule has 1 aromatic heterocycles. The van der Waals surface area contributed by atoms with Crippen molar-refractivity contribution in [2.45, 2.75) is 19.3 Å². The molecule has 1 saturated carbocycles. The average Bonchev–Trinajstić information content (AvgIpc) is 2.80. The predicted molar refractivity (Wildman–Crippen MR) is 56.3 cm³/mol. The van der Waals surface area contributed by atoms with Gasteiger partial charge in [0.1, 0.15) is 0 Å². The molecule has 1 aromatic rings. The van der Waals surface area contributed by atoms with Crippen LogP contribution in [-0.4, -0.2) is 13.1 Å². The Morgan fingerprint density at radius 2 is 2.57 bits per heavy atom. The molecule has 0 saturated heterocycles. The third kappa shape index (κ3) is 2.15. The van der Waals surface area contributed by atoms with E-state index in [0.717, 1.165) is 19.3 Å². The topological polar surface area (TPSA) is 26.3 Å². The van der Waals surface area contributed by atoms with Crippen molar-refractivity contribution in [1.82, 2.24) is 0 Å². The summed E-state index contributed by atoms with van der Waals surface area (Å²) in [7, 11) is 1.47. The molecule has 2 rings (SSSR count). The van der Waals surface area contributed by atoms with Crippen LogP contribution in [0.3, 0.4) is 0 Å². The molecule has 0 radical (unpaired) electrons. The van der Waals surface area contributed by atoms with E-state index in [1.54, 1.807) is 11.3 Å². The van der Waals surface area contributed by atoms with Crippen LogP contribution in [0.5, 0.6) is 0 Å². The highest BCUT2D eigenvalue weighted by atomic mass is 32.1. The van der Waals surface area contributed by atoms with Crippen LogP contribution in [0.25, 0.3) is 0 Å². The molecule has 0 bridgehead atoms. The Labute approximate surface area is 87.9 Å². The van der Waals surface area contributed by atoms with Gasteiger partial charge in [0, 0.05) is 4.88 Å². The molecule has 0 aliphatic heterocycles. The van der Waals surface area contributed by atoms with Crippen molar-refractivity contribution in [2.24, 2.45) is 11.8 Å². The number of methoxy groups -OCH3 is 1. The molecule has 2 unspecified atom stereocenters. The summed E-state index contributed by atoms with van der Waals surface area (Å²) < 4.78 is 4.71. The summed E-state index contributed by atoms with van der Waals surface area (Å²) in [5, 5.41) is 2.10. The van der Waals surface area contributed by atoms with Crippen LogP contribution < -0.4 is 0 Å². The molecule has 0 N–H and O–H groups in total. The van der Waals surface area contributed by atoms with Gasteiger partial charge in [-0.05, 0) is 36.6 Å². The zero-order valence-corrected chi connectivity index (χ0v) is 9.05. The number of rotatable bonds is 4. The number of aryl methyl sites for hydroxylation is 1. The maximum atomic E-state index is 11.1. The van der Waals surface area contributed by atoms with Crippen LogP contribution in [-0.2, 0) is 16.0 Å². The van der Waals surface area contributed by atoms with Crippen molar-refractivity contribution in [1.29, 1.82) is 0 Å². The second-order valence-corrected chi connectivity index (χ2v) is 4.78. The lowest BCUT2D eigenvalue weighted by Gasteiger charge is -1.97. The van der Waals surface area contributed by atoms with E-state index in [1.807, 2.05) is 0 Å². The second-order valence-electron chi connectivity index (χ2n) is 3.74. The summed E-state index contributed by atoms with van der Waals surface area (Å²) in [6.07, 6.45) is 3.26. The maximum absolute atomic E-state index is 11.1. The van der Waals surface area contributed by atoms with Gasteiger partial charge in [-0.15, -0.1) is 11.3 Å². The molecule has 0 amide bonds. The number of hydrogen-bond donors (Lipinski definition) is 0. The molecule has 1 fully saturated rings. The zero-order valence-electron chi connectivity index (χ0n) is 8.23. The Balaban J connectivity index is 1.72. The minimum absolute atomic E-state index is 0.0267. The number of carbonyl (C=O) groups excluding carboxylic acids is 1. The summed E-state index contributed by atoms with van der Waals surface area (Å²) in [6, 6.07) is 4.23. The van der Waals surface area contributed by atoms with Gasteiger partial charge in [-0.25, -0.2) is 0 Å². The van der Waals surface area contributed by atoms with Crippen molar-refractivity contribution in [3.8, 4) is 0 Å². The fourth-order valence-electron chi connectivity index (χ4n) is 1.79. The lowest BCUT2D eigenvalue weighted by molar-refractivity contribution is -0.142. The minimum atomic E-state index is -0.0267. The summed E-state index contributed by atoms with van der Waals surface area (Å²) in [6.45, 7) is 0. The first-order chi connectivity index (χ1) is 6.81. The number of ether oxygens (including phenoxy) is 1. The summed E-state index contributed by atoms with van der Waals surface area (Å²) >= 11 is 1.79. The smallest absolute Gasteiger partial charge is 0.308 e. The van der Waals surface area contributed by atoms with Crippen LogP contribution in [0.4, 0.5) is 0 Å². The molecule has 0 spiro atoms. The van der Waals surface area contributed by atoms with Gasteiger partial charge >= 0.3 is 5.97 Å². The van der Waals surface area contributed by atoms with Gasteiger partial charge in [-0.3, -0.25) is 4.79 Å². The van der Waals surface area contributed by atoms with Crippen LogP contribution in [0.2, 0.25) is 0 Å². The quantitative estimate of drug-likeness (QED) is 0.714. The van der Waals surface area contributed by atoms with Crippen molar-refractivity contribution in [3.63, 3.8) is 0 Å². The zero-order chi connectivity index (χ0) is 9.97. The van der Waals surface area contributed by atoms with Crippen molar-refractivity contribution < 1.29 is 9.53 Å². The van der Waals surface area contributed by atoms with E-state index < -0.39 is 0 Å². The van der Waals surface area contributed by atoms with E-state index in [0.29, 0.717) is 5.92 Å². The van der Waals surface area contributed by atoms with Gasteiger partial charge in [-0.1, -0.05) is 6.07 Å². The Kier molecular flexibility index (Phi) is 2.87. The number of thiophene rings is 1. The van der Waals surface area contributed by atoms with Gasteiger partial charge < -0.3 is 4.74 Å². The second kappa shape index (κ2) is 4.13. The van der Waals surface area contributed by atoms with E-state index in [4.69, 9.17) is 4.74 Å². The van der Waals surface area contributed by atoms with Crippen LogP contribution >= 0.6 is 11.3 Å². The normalized spacial score (nSPS) is 24.6. The molecule has 2 nitrogen and oxygen atoms in total. The SMILES string of the molecule is COC(=O)C1CC1CCc1cccs1. The number of hydrogen-bond acceptors (Lipinski definition) is 3. The third-order valence-electron chi connectivity index (χ3n) is 2.77. The van der Waals surface area contributed by atoms with Gasteiger partial charge in [0.2, 0.25) is 0 Å². The van der Waals surface area contributed by atoms with Crippen molar-refractivity contribution in [3.05, 3.63) is 22.4 Å². The average molecular weight is 210 g/mol. The Morgan fingerprint density at radius 1 is 1.71 bits per heavy atom. The Bertz CT molecular complexity index is 305. The molecule has 1 aliphatic rings. The standard InChI is InChI=1S/C11H14O2S/c1-13-11(12)10-7-8(10)4-5-9-3-2-6-14-9/h2-3,6,8,10H,4-5,7H2,1H3. The minimum Gasteiger partial charge on any atom is -0.469 e. The summed E-state index contributed by atoms with van der Waals surface area (Å²) in [5.41, 5.74) is 0. The summed E-state index contributed by atoms with van der Waals surface area (Å²) in [4.78, 5) is 12.5. The van der Waals surface area contributed by atoms with Crippen LogP contribution in [0.1, 0.15) is 17.7 Å². The molecule has 76 valence electrons. The lowest BCUT2D eigenvalue weighted by Crippen LogP contribution is -2.04. The fraction of sp³-hybridized carbons (Fsp3) is 0.545. The first kappa shape index (κ1) is 9.71. The molecular weight excluding hydrogens is 196 g/mol. The fourth-order valence-corrected chi connectivity index (χ4v) is 2.51. The molecule has 2 atom stereocenters. The summed E-state index contributed by atoms with van der Waals surface area (Å²) in [5.74, 6) is 0.741. The Morgan fingerprint density at radius 3 is 3.21 bits per heavy atom. The molecule has 0 aromatic carbocycles. The van der Waals surface area contributed by atoms with E-state index in [1.165, 1.54) is 12.0 Å². The maximum Gasteiger partial charge on any atom is 0.308 e. The molecule has 3 heteroatoms. The number of carbonyl (C=O) groups is 1. The van der Waals surface area contributed by atoms with Crippen molar-refractivity contribution >= 4 is 17.3 Å². The molecule has 14 heavy (non-hydrogen) atoms. The van der Waals surface area contributed by atoms with Crippen molar-refractivity contribution in [2.75, 3.05) is 7.11 Å². The highest BCUT2D eigenvalue weighted by molar-refractivity contribution is 7.09. The van der Waals surface area contributed by atoms with E-state index in [9.17, 15) is 4.79 Å². The third-order valence-corrected chi connectivity index (χ3v) is 3.70. The van der Waals surface area contributed by atoms with Gasteiger partial charge in [0.05, 0.1) is 13.0 Å². The number of esters is 1. The van der Waals surface area contributed by atoms with Gasteiger partial charge in [0.25, 0.3) is 0 Å². The van der Waals surface area contributed by atoms with E-state index in [2.05, 4.69) is 17.5 Å². The van der Waals surface area contributed by atoms with Gasteiger partial charge in [-0.2, -0.15) is 0 Å². The Hall–Kier alpha value is -0.830. The highest BCUT2D eigenvalue weighted by Crippen LogP contribution is 2.42. The molecular formula is C11H14O2S. The van der Waals surface area contributed by atoms with E-state index >= 15 is 0 Å². The van der Waals surface area contributed by atoms with Gasteiger partial charge in [0.15, 0.2) is 0 Å². The van der Waals surface area contributed by atoms with E-state index in [-0.39, 0.29) is 11.9 Å². The first-order valence-electron chi connectivity index (χ1n) is 4.91. The predicted octanol–water partition coefficient (Wildman–Crippen LogP) is 2.49. The molecule has 1 heterocycles. The highest BCUT2D eigenvalue weighted by Gasteiger charge is 2.43.